The fourth-order valence-electron chi connectivity index (χ4n) is 0.841. The van der Waals surface area contributed by atoms with Crippen LogP contribution in [0.3, 0.4) is 0 Å². The molecule has 0 unspecified atom stereocenters. The molecular weight excluding hydrogens is 154 g/mol. The van der Waals surface area contributed by atoms with Gasteiger partial charge in [0.15, 0.2) is 0 Å². The van der Waals surface area contributed by atoms with Crippen LogP contribution in [-0.2, 0) is 4.79 Å². The summed E-state index contributed by atoms with van der Waals surface area (Å²) in [6.07, 6.45) is 5.43. The van der Waals surface area contributed by atoms with Crippen molar-refractivity contribution in [2.45, 2.75) is 39.5 Å². The molecule has 0 aliphatic heterocycles. The summed E-state index contributed by atoms with van der Waals surface area (Å²) in [6, 6.07) is 0. The molecule has 0 aliphatic rings. The number of nitrogens with two attached hydrogens (primary N) is 1. The number of quaternary nitrogens is 1. The predicted molar refractivity (Wildman–Crippen MR) is 47.5 cm³/mol. The Morgan fingerprint density at radius 3 is 1.75 bits per heavy atom. The van der Waals surface area contributed by atoms with Crippen molar-refractivity contribution in [3.05, 3.63) is 0 Å². The highest BCUT2D eigenvalue weighted by Gasteiger charge is 1.86. The molecule has 0 bridgehead atoms. The second-order valence-corrected chi connectivity index (χ2v) is 2.67. The normalized spacial score (nSPS) is 8.50. The van der Waals surface area contributed by atoms with Crippen LogP contribution >= 0.6 is 0 Å². The molecule has 0 rings (SSSR count). The highest BCUT2D eigenvalue weighted by molar-refractivity contribution is 5.29. The summed E-state index contributed by atoms with van der Waals surface area (Å²) in [6.45, 7) is 6.65. The molecule has 0 atom stereocenters. The second-order valence-electron chi connectivity index (χ2n) is 2.67. The fourth-order valence-corrected chi connectivity index (χ4v) is 0.841. The van der Waals surface area contributed by atoms with Crippen molar-refractivity contribution >= 4 is 6.47 Å². The average Bonchev–Trinajstić information content (AvgIpc) is 2.06. The Bertz CT molecular complexity index is 70.9. The third kappa shape index (κ3) is 22.7. The quantitative estimate of drug-likeness (QED) is 0.438. The van der Waals surface area contributed by atoms with E-state index in [4.69, 9.17) is 9.90 Å². The lowest BCUT2D eigenvalue weighted by molar-refractivity contribution is -0.655. The van der Waals surface area contributed by atoms with Crippen LogP contribution in [0.15, 0.2) is 0 Å². The van der Waals surface area contributed by atoms with Crippen molar-refractivity contribution in [2.24, 2.45) is 0 Å². The van der Waals surface area contributed by atoms with E-state index in [1.165, 1.54) is 38.8 Å². The van der Waals surface area contributed by atoms with E-state index in [-0.39, 0.29) is 0 Å². The van der Waals surface area contributed by atoms with Crippen LogP contribution in [0.25, 0.3) is 0 Å². The topological polar surface area (TPSA) is 56.7 Å². The van der Waals surface area contributed by atoms with Gasteiger partial charge in [-0.1, -0.05) is 26.7 Å². The molecule has 0 aromatic rings. The Morgan fingerprint density at radius 1 is 1.17 bits per heavy atom. The molecule has 3 nitrogen and oxygen atoms in total. The third-order valence-corrected chi connectivity index (χ3v) is 1.52. The van der Waals surface area contributed by atoms with Gasteiger partial charge in [0.05, 0.1) is 13.1 Å². The number of carbonyl (C=O) groups is 1. The zero-order chi connectivity index (χ0) is 9.66. The van der Waals surface area contributed by atoms with Crippen molar-refractivity contribution in [1.82, 2.24) is 0 Å². The molecule has 0 radical (unpaired) electrons. The lowest BCUT2D eigenvalue weighted by Gasteiger charge is -1.96. The summed E-state index contributed by atoms with van der Waals surface area (Å²) in [5, 5.41) is 10.7. The molecule has 0 aromatic heterocycles. The van der Waals surface area contributed by atoms with E-state index in [0.717, 1.165) is 0 Å². The second kappa shape index (κ2) is 16.8. The van der Waals surface area contributed by atoms with Crippen molar-refractivity contribution in [2.75, 3.05) is 13.1 Å². The van der Waals surface area contributed by atoms with E-state index in [2.05, 4.69) is 19.2 Å². The molecule has 0 saturated carbocycles. The number of hydrogen-bond donors (Lipinski definition) is 1. The molecular formula is C9H21NO2. The summed E-state index contributed by atoms with van der Waals surface area (Å²) in [7, 11) is 0. The molecule has 0 amide bonds. The Kier molecular flexibility index (Phi) is 19.6. The third-order valence-electron chi connectivity index (χ3n) is 1.52. The van der Waals surface area contributed by atoms with Crippen LogP contribution < -0.4 is 10.4 Å². The summed E-state index contributed by atoms with van der Waals surface area (Å²) in [5.41, 5.74) is 0. The van der Waals surface area contributed by atoms with Crippen molar-refractivity contribution in [1.29, 1.82) is 0 Å². The molecule has 3 heteroatoms. The first-order valence-electron chi connectivity index (χ1n) is 4.70. The number of carboxylic acid groups (broad SMARTS) is 1. The highest BCUT2D eigenvalue weighted by atomic mass is 16.3. The molecule has 74 valence electrons. The highest BCUT2D eigenvalue weighted by Crippen LogP contribution is 1.80. The maximum absolute atomic E-state index is 8.25. The predicted octanol–water partition coefficient (Wildman–Crippen LogP) is -0.484. The van der Waals surface area contributed by atoms with Crippen LogP contribution in [-0.4, -0.2) is 19.6 Å². The van der Waals surface area contributed by atoms with Crippen LogP contribution in [0.1, 0.15) is 39.5 Å². The van der Waals surface area contributed by atoms with Gasteiger partial charge in [-0.2, -0.15) is 0 Å². The summed E-state index contributed by atoms with van der Waals surface area (Å²) in [4.78, 5) is 8.25. The van der Waals surface area contributed by atoms with Gasteiger partial charge in [-0.3, -0.25) is 0 Å². The van der Waals surface area contributed by atoms with Gasteiger partial charge in [0, 0.05) is 6.47 Å². The Morgan fingerprint density at radius 2 is 1.50 bits per heavy atom. The van der Waals surface area contributed by atoms with Crippen molar-refractivity contribution < 1.29 is 15.2 Å². The maximum Gasteiger partial charge on any atom is 0.0755 e. The number of rotatable bonds is 6. The molecule has 0 spiro atoms. The Labute approximate surface area is 75.2 Å². The lowest BCUT2D eigenvalue weighted by Crippen LogP contribution is -2.84. The SMILES string of the molecule is CCCC[NH2+]CCCC.O=C[O-]. The zero-order valence-corrected chi connectivity index (χ0v) is 8.21. The minimum atomic E-state index is -0.500. The largest absolute Gasteiger partial charge is 0.554 e. The Balaban J connectivity index is 0. The van der Waals surface area contributed by atoms with E-state index < -0.39 is 6.47 Å². The first kappa shape index (κ1) is 14.0. The molecule has 12 heavy (non-hydrogen) atoms. The number of hydrogen-bond acceptors (Lipinski definition) is 2. The van der Waals surface area contributed by atoms with Gasteiger partial charge >= 0.3 is 0 Å². The first-order valence-corrected chi connectivity index (χ1v) is 4.70. The van der Waals surface area contributed by atoms with Crippen molar-refractivity contribution in [3.63, 3.8) is 0 Å². The maximum atomic E-state index is 8.25. The van der Waals surface area contributed by atoms with E-state index in [1.807, 2.05) is 0 Å². The van der Waals surface area contributed by atoms with E-state index in [9.17, 15) is 0 Å². The van der Waals surface area contributed by atoms with Gasteiger partial charge in [-0.15, -0.1) is 0 Å². The smallest absolute Gasteiger partial charge is 0.0755 e. The number of carbonyl (C=O) groups excluding carboxylic acids is 1. The summed E-state index contributed by atoms with van der Waals surface area (Å²) < 4.78 is 0. The van der Waals surface area contributed by atoms with Crippen LogP contribution in [0.2, 0.25) is 0 Å². The summed E-state index contributed by atoms with van der Waals surface area (Å²) >= 11 is 0. The zero-order valence-electron chi connectivity index (χ0n) is 8.21. The van der Waals surface area contributed by atoms with Gasteiger partial charge < -0.3 is 15.2 Å². The molecule has 0 fully saturated rings. The van der Waals surface area contributed by atoms with E-state index in [1.54, 1.807) is 0 Å². The molecule has 0 heterocycles. The lowest BCUT2D eigenvalue weighted by atomic mass is 10.3. The molecule has 0 aliphatic carbocycles. The van der Waals surface area contributed by atoms with Crippen LogP contribution in [0, 0.1) is 0 Å². The van der Waals surface area contributed by atoms with Gasteiger partial charge in [-0.25, -0.2) is 0 Å². The first-order chi connectivity index (χ1) is 5.83. The van der Waals surface area contributed by atoms with Crippen LogP contribution in [0.4, 0.5) is 0 Å². The van der Waals surface area contributed by atoms with Gasteiger partial charge in [0.1, 0.15) is 0 Å². The number of unbranched alkanes of at least 4 members (excludes halogenated alkanes) is 2. The monoisotopic (exact) mass is 175 g/mol. The molecule has 0 saturated heterocycles. The minimum absolute atomic E-state index is 0.500. The van der Waals surface area contributed by atoms with Gasteiger partial charge in [0.25, 0.3) is 0 Å². The summed E-state index contributed by atoms with van der Waals surface area (Å²) in [5.74, 6) is 0. The standard InChI is InChI=1S/C8H19N.CH2O2/c1-3-5-7-9-8-6-4-2;2-1-3/h9H,3-8H2,1-2H3;1H,(H,2,3). The van der Waals surface area contributed by atoms with Gasteiger partial charge in [-0.05, 0) is 12.8 Å². The van der Waals surface area contributed by atoms with Crippen molar-refractivity contribution in [3.8, 4) is 0 Å². The fraction of sp³-hybridized carbons (Fsp3) is 0.889. The molecule has 2 N–H and O–H groups in total. The van der Waals surface area contributed by atoms with E-state index >= 15 is 0 Å². The Hall–Kier alpha value is -0.570. The van der Waals surface area contributed by atoms with Crippen LogP contribution in [0.5, 0.6) is 0 Å². The minimum Gasteiger partial charge on any atom is -0.554 e. The average molecular weight is 175 g/mol. The molecule has 0 aromatic carbocycles. The van der Waals surface area contributed by atoms with Gasteiger partial charge in [0.2, 0.25) is 0 Å². The van der Waals surface area contributed by atoms with E-state index in [0.29, 0.717) is 0 Å².